The molecule has 0 spiro atoms. The molecule has 2 aromatic carbocycles. The van der Waals surface area contributed by atoms with Crippen LogP contribution in [0.4, 0.5) is 4.39 Å². The zero-order chi connectivity index (χ0) is 25.5. The minimum atomic E-state index is -0.260. The predicted molar refractivity (Wildman–Crippen MR) is 135 cm³/mol. The Morgan fingerprint density at radius 3 is 2.28 bits per heavy atom. The molecule has 0 amide bonds. The number of rotatable bonds is 6. The van der Waals surface area contributed by atoms with Gasteiger partial charge in [-0.2, -0.15) is 0 Å². The highest BCUT2D eigenvalue weighted by atomic mass is 19.1. The number of aromatic nitrogens is 5. The van der Waals surface area contributed by atoms with Crippen LogP contribution >= 0.6 is 0 Å². The SMILES string of the molecule is COc1ccc(-c2nnc3nc(Cc4ccc(F)cc4)nc(C4CCCCC4)c3n2)cc1OC.NN. The molecule has 188 valence electrons. The minimum absolute atomic E-state index is 0.260. The topological polar surface area (TPSA) is 135 Å². The molecule has 0 unspecified atom stereocenters. The van der Waals surface area contributed by atoms with Gasteiger partial charge in [-0.1, -0.05) is 31.4 Å². The van der Waals surface area contributed by atoms with Crippen LogP contribution in [0.15, 0.2) is 42.5 Å². The van der Waals surface area contributed by atoms with E-state index in [4.69, 9.17) is 19.4 Å². The fraction of sp³-hybridized carbons (Fsp3) is 0.346. The van der Waals surface area contributed by atoms with Crippen molar-refractivity contribution < 1.29 is 13.9 Å². The molecule has 0 saturated heterocycles. The van der Waals surface area contributed by atoms with Crippen molar-refractivity contribution in [2.24, 2.45) is 11.7 Å². The molecule has 0 aliphatic heterocycles. The van der Waals surface area contributed by atoms with Crippen LogP contribution in [0.5, 0.6) is 11.5 Å². The molecular weight excluding hydrogens is 461 g/mol. The highest BCUT2D eigenvalue weighted by Gasteiger charge is 2.23. The number of ether oxygens (including phenoxy) is 2. The number of benzene rings is 2. The summed E-state index contributed by atoms with van der Waals surface area (Å²) in [5, 5.41) is 8.79. The van der Waals surface area contributed by atoms with Crippen LogP contribution in [-0.4, -0.2) is 39.4 Å². The number of hydrogen-bond acceptors (Lipinski definition) is 9. The van der Waals surface area contributed by atoms with Gasteiger partial charge in [0, 0.05) is 17.9 Å². The van der Waals surface area contributed by atoms with Crippen LogP contribution in [0.1, 0.15) is 55.1 Å². The molecule has 4 N–H and O–H groups in total. The third kappa shape index (κ3) is 5.55. The van der Waals surface area contributed by atoms with Crippen LogP contribution in [0.2, 0.25) is 0 Å². The Balaban J connectivity index is 0.00000148. The molecule has 36 heavy (non-hydrogen) atoms. The molecule has 9 nitrogen and oxygen atoms in total. The second-order valence-corrected chi connectivity index (χ2v) is 8.54. The van der Waals surface area contributed by atoms with E-state index < -0.39 is 0 Å². The summed E-state index contributed by atoms with van der Waals surface area (Å²) in [6.45, 7) is 0. The van der Waals surface area contributed by atoms with E-state index in [0.29, 0.717) is 46.7 Å². The molecular formula is C26H30FN7O2. The van der Waals surface area contributed by atoms with Gasteiger partial charge in [-0.05, 0) is 48.7 Å². The predicted octanol–water partition coefficient (Wildman–Crippen LogP) is 4.10. The highest BCUT2D eigenvalue weighted by Crippen LogP contribution is 2.35. The van der Waals surface area contributed by atoms with E-state index in [1.165, 1.54) is 31.4 Å². The minimum Gasteiger partial charge on any atom is -0.493 e. The Labute approximate surface area is 209 Å². The molecule has 2 aromatic heterocycles. The van der Waals surface area contributed by atoms with Crippen molar-refractivity contribution in [1.29, 1.82) is 0 Å². The summed E-state index contributed by atoms with van der Waals surface area (Å²) < 4.78 is 24.1. The van der Waals surface area contributed by atoms with Crippen LogP contribution in [0.3, 0.4) is 0 Å². The number of nitrogens with two attached hydrogens (primary N) is 2. The van der Waals surface area contributed by atoms with Crippen LogP contribution in [0, 0.1) is 5.82 Å². The van der Waals surface area contributed by atoms with E-state index in [-0.39, 0.29) is 5.82 Å². The lowest BCUT2D eigenvalue weighted by Crippen LogP contribution is -2.12. The van der Waals surface area contributed by atoms with E-state index in [1.54, 1.807) is 26.4 Å². The smallest absolute Gasteiger partial charge is 0.204 e. The van der Waals surface area contributed by atoms with Gasteiger partial charge in [0.1, 0.15) is 17.2 Å². The van der Waals surface area contributed by atoms with Gasteiger partial charge in [-0.15, -0.1) is 10.2 Å². The summed E-state index contributed by atoms with van der Waals surface area (Å²) >= 11 is 0. The average Bonchev–Trinajstić information content (AvgIpc) is 2.94. The van der Waals surface area contributed by atoms with Gasteiger partial charge in [0.15, 0.2) is 17.3 Å². The van der Waals surface area contributed by atoms with Crippen LogP contribution < -0.4 is 21.2 Å². The first-order chi connectivity index (χ1) is 17.6. The normalized spacial score (nSPS) is 13.7. The molecule has 0 atom stereocenters. The van der Waals surface area contributed by atoms with Crippen LogP contribution in [0.25, 0.3) is 22.6 Å². The summed E-state index contributed by atoms with van der Waals surface area (Å²) in [6, 6.07) is 12.0. The Bertz CT molecular complexity index is 1310. The Morgan fingerprint density at radius 2 is 1.58 bits per heavy atom. The number of fused-ring (bicyclic) bond motifs is 1. The molecule has 1 aliphatic carbocycles. The maximum atomic E-state index is 13.3. The average molecular weight is 492 g/mol. The molecule has 1 fully saturated rings. The van der Waals surface area contributed by atoms with Gasteiger partial charge in [0.25, 0.3) is 0 Å². The summed E-state index contributed by atoms with van der Waals surface area (Å²) in [6.07, 6.45) is 6.21. The van der Waals surface area contributed by atoms with E-state index in [9.17, 15) is 4.39 Å². The van der Waals surface area contributed by atoms with Crippen molar-refractivity contribution in [3.05, 3.63) is 65.4 Å². The largest absolute Gasteiger partial charge is 0.493 e. The van der Waals surface area contributed by atoms with Crippen molar-refractivity contribution in [2.45, 2.75) is 44.4 Å². The number of halogens is 1. The van der Waals surface area contributed by atoms with Crippen molar-refractivity contribution >= 4 is 11.2 Å². The van der Waals surface area contributed by atoms with Gasteiger partial charge in [-0.25, -0.2) is 19.3 Å². The molecule has 0 bridgehead atoms. The van der Waals surface area contributed by atoms with Crippen LogP contribution in [-0.2, 0) is 6.42 Å². The molecule has 0 radical (unpaired) electrons. The maximum absolute atomic E-state index is 13.3. The molecule has 5 rings (SSSR count). The first-order valence-electron chi connectivity index (χ1n) is 11.9. The Kier molecular flexibility index (Phi) is 8.29. The van der Waals surface area contributed by atoms with Gasteiger partial charge in [0.2, 0.25) is 5.65 Å². The number of hydrogen-bond donors (Lipinski definition) is 2. The van der Waals surface area contributed by atoms with E-state index in [0.717, 1.165) is 29.7 Å². The third-order valence-corrected chi connectivity index (χ3v) is 6.31. The zero-order valence-corrected chi connectivity index (χ0v) is 20.4. The second kappa shape index (κ2) is 11.8. The van der Waals surface area contributed by atoms with Crippen molar-refractivity contribution in [2.75, 3.05) is 14.2 Å². The number of methoxy groups -OCH3 is 2. The van der Waals surface area contributed by atoms with Gasteiger partial charge in [-0.3, -0.25) is 11.7 Å². The summed E-state index contributed by atoms with van der Waals surface area (Å²) in [4.78, 5) is 14.5. The fourth-order valence-corrected chi connectivity index (χ4v) is 4.53. The van der Waals surface area contributed by atoms with Crippen molar-refractivity contribution in [3.63, 3.8) is 0 Å². The van der Waals surface area contributed by atoms with E-state index in [2.05, 4.69) is 26.9 Å². The zero-order valence-electron chi connectivity index (χ0n) is 20.4. The molecule has 10 heteroatoms. The number of nitrogens with zero attached hydrogens (tertiary/aromatic N) is 5. The summed E-state index contributed by atoms with van der Waals surface area (Å²) in [5.41, 5.74) is 3.82. The molecule has 1 aliphatic rings. The molecule has 4 aromatic rings. The van der Waals surface area contributed by atoms with E-state index >= 15 is 0 Å². The first kappa shape index (κ1) is 25.3. The van der Waals surface area contributed by atoms with E-state index in [1.807, 2.05) is 18.2 Å². The third-order valence-electron chi connectivity index (χ3n) is 6.31. The van der Waals surface area contributed by atoms with Gasteiger partial charge in [0.05, 0.1) is 19.9 Å². The van der Waals surface area contributed by atoms with Gasteiger partial charge >= 0.3 is 0 Å². The quantitative estimate of drug-likeness (QED) is 0.302. The monoisotopic (exact) mass is 491 g/mol. The Hall–Kier alpha value is -3.76. The fourth-order valence-electron chi connectivity index (χ4n) is 4.53. The lowest BCUT2D eigenvalue weighted by molar-refractivity contribution is 0.355. The van der Waals surface area contributed by atoms with Crippen molar-refractivity contribution in [3.8, 4) is 22.9 Å². The first-order valence-corrected chi connectivity index (χ1v) is 11.9. The summed E-state index contributed by atoms with van der Waals surface area (Å²) in [5.74, 6) is 10.4. The standard InChI is InChI=1S/C26H26FN5O2.H4N2/c1-33-20-13-10-18(15-21(20)34-2)25-30-24-23(17-6-4-3-5-7-17)28-22(29-26(24)32-31-25)14-16-8-11-19(27)12-9-16;1-2/h8-13,15,17H,3-7,14H2,1-2H3;1-2H2. The van der Waals surface area contributed by atoms with Gasteiger partial charge < -0.3 is 9.47 Å². The summed E-state index contributed by atoms with van der Waals surface area (Å²) in [7, 11) is 3.20. The maximum Gasteiger partial charge on any atom is 0.204 e. The lowest BCUT2D eigenvalue weighted by atomic mass is 9.86. The molecule has 2 heterocycles. The molecule has 1 saturated carbocycles. The van der Waals surface area contributed by atoms with Crippen molar-refractivity contribution in [1.82, 2.24) is 25.1 Å². The Morgan fingerprint density at radius 1 is 0.861 bits per heavy atom. The lowest BCUT2D eigenvalue weighted by Gasteiger charge is -2.22. The second-order valence-electron chi connectivity index (χ2n) is 8.54. The highest BCUT2D eigenvalue weighted by molar-refractivity contribution is 5.75. The number of hydrazine groups is 1.